The Bertz CT molecular complexity index is 267. The molecule has 0 fully saturated rings. The summed E-state index contributed by atoms with van der Waals surface area (Å²) in [6.07, 6.45) is 0. The van der Waals surface area contributed by atoms with Gasteiger partial charge >= 0.3 is 0 Å². The summed E-state index contributed by atoms with van der Waals surface area (Å²) in [7, 11) is 3.25. The van der Waals surface area contributed by atoms with Gasteiger partial charge in [0.05, 0.1) is 14.2 Å². The Morgan fingerprint density at radius 1 is 1.21 bits per heavy atom. The van der Waals surface area contributed by atoms with Gasteiger partial charge in [0.25, 0.3) is 0 Å². The second-order valence-corrected chi connectivity index (χ2v) is 2.75. The van der Waals surface area contributed by atoms with Crippen molar-refractivity contribution in [3.8, 4) is 11.5 Å². The first kappa shape index (κ1) is 10.7. The topological polar surface area (TPSA) is 56.5 Å². The molecule has 0 atom stereocenters. The van der Waals surface area contributed by atoms with Crippen LogP contribution in [0.15, 0.2) is 18.2 Å². The fourth-order valence-electron chi connectivity index (χ4n) is 1.22. The van der Waals surface area contributed by atoms with Crippen LogP contribution >= 0.6 is 0 Å². The maximum atomic E-state index is 5.42. The highest BCUT2D eigenvalue weighted by molar-refractivity contribution is 5.66. The van der Waals surface area contributed by atoms with Gasteiger partial charge in [-0.3, -0.25) is 0 Å². The molecule has 0 heterocycles. The molecule has 0 spiro atoms. The number of hydrogen-bond acceptors (Lipinski definition) is 4. The number of para-hydroxylation sites is 1. The van der Waals surface area contributed by atoms with E-state index in [0.717, 1.165) is 17.2 Å². The molecule has 0 amide bonds. The summed E-state index contributed by atoms with van der Waals surface area (Å²) in [4.78, 5) is 0. The molecule has 1 rings (SSSR count). The lowest BCUT2D eigenvalue weighted by molar-refractivity contribution is 0.397. The van der Waals surface area contributed by atoms with E-state index in [1.807, 2.05) is 18.2 Å². The van der Waals surface area contributed by atoms with Crippen LogP contribution in [0.25, 0.3) is 0 Å². The van der Waals surface area contributed by atoms with Crippen LogP contribution in [0.4, 0.5) is 5.69 Å². The van der Waals surface area contributed by atoms with Gasteiger partial charge in [-0.1, -0.05) is 6.07 Å². The smallest absolute Gasteiger partial charge is 0.145 e. The summed E-state index contributed by atoms with van der Waals surface area (Å²) in [6.45, 7) is 1.26. The molecule has 0 unspecified atom stereocenters. The standard InChI is InChI=1S/C10H16N2O2/c1-13-8-4-3-5-9(14-2)10(8)12-7-6-11/h3-5,12H,6-7,11H2,1-2H3. The Balaban J connectivity index is 2.93. The average Bonchev–Trinajstić information content (AvgIpc) is 2.25. The molecule has 4 nitrogen and oxygen atoms in total. The predicted molar refractivity (Wildman–Crippen MR) is 57.1 cm³/mol. The van der Waals surface area contributed by atoms with Crippen molar-refractivity contribution in [2.24, 2.45) is 5.73 Å². The van der Waals surface area contributed by atoms with Crippen molar-refractivity contribution in [2.75, 3.05) is 32.6 Å². The van der Waals surface area contributed by atoms with E-state index in [9.17, 15) is 0 Å². The summed E-state index contributed by atoms with van der Waals surface area (Å²) in [6, 6.07) is 5.63. The zero-order valence-electron chi connectivity index (χ0n) is 8.54. The van der Waals surface area contributed by atoms with Gasteiger partial charge in [0, 0.05) is 13.1 Å². The first-order valence-electron chi connectivity index (χ1n) is 4.48. The van der Waals surface area contributed by atoms with Crippen molar-refractivity contribution < 1.29 is 9.47 Å². The molecule has 0 aromatic heterocycles. The summed E-state index contributed by atoms with van der Waals surface area (Å²) >= 11 is 0. The molecule has 3 N–H and O–H groups in total. The second kappa shape index (κ2) is 5.34. The number of anilines is 1. The quantitative estimate of drug-likeness (QED) is 0.739. The van der Waals surface area contributed by atoms with Crippen molar-refractivity contribution in [3.63, 3.8) is 0 Å². The third-order valence-electron chi connectivity index (χ3n) is 1.87. The normalized spacial score (nSPS) is 9.64. The van der Waals surface area contributed by atoms with Crippen molar-refractivity contribution in [2.45, 2.75) is 0 Å². The molecule has 0 aliphatic heterocycles. The molecular formula is C10H16N2O2. The lowest BCUT2D eigenvalue weighted by atomic mass is 10.2. The highest BCUT2D eigenvalue weighted by Crippen LogP contribution is 2.33. The lowest BCUT2D eigenvalue weighted by Crippen LogP contribution is -2.14. The number of ether oxygens (including phenoxy) is 2. The van der Waals surface area contributed by atoms with E-state index in [-0.39, 0.29) is 0 Å². The van der Waals surface area contributed by atoms with Gasteiger partial charge < -0.3 is 20.5 Å². The van der Waals surface area contributed by atoms with Gasteiger partial charge in [0.15, 0.2) is 0 Å². The largest absolute Gasteiger partial charge is 0.494 e. The van der Waals surface area contributed by atoms with Gasteiger partial charge in [0.1, 0.15) is 17.2 Å². The summed E-state index contributed by atoms with van der Waals surface area (Å²) in [5, 5.41) is 3.16. The van der Waals surface area contributed by atoms with E-state index >= 15 is 0 Å². The van der Waals surface area contributed by atoms with E-state index in [4.69, 9.17) is 15.2 Å². The Morgan fingerprint density at radius 2 is 1.79 bits per heavy atom. The van der Waals surface area contributed by atoms with E-state index in [1.165, 1.54) is 0 Å². The first-order chi connectivity index (χ1) is 6.83. The van der Waals surface area contributed by atoms with Crippen LogP contribution in [0.5, 0.6) is 11.5 Å². The molecule has 0 aliphatic carbocycles. The molecule has 14 heavy (non-hydrogen) atoms. The third-order valence-corrected chi connectivity index (χ3v) is 1.87. The van der Waals surface area contributed by atoms with Crippen molar-refractivity contribution in [1.29, 1.82) is 0 Å². The monoisotopic (exact) mass is 196 g/mol. The minimum atomic E-state index is 0.571. The molecule has 0 aliphatic rings. The maximum Gasteiger partial charge on any atom is 0.145 e. The van der Waals surface area contributed by atoms with Crippen LogP contribution in [0, 0.1) is 0 Å². The number of methoxy groups -OCH3 is 2. The fraction of sp³-hybridized carbons (Fsp3) is 0.400. The number of nitrogens with one attached hydrogen (secondary N) is 1. The van der Waals surface area contributed by atoms with Crippen LogP contribution in [0.1, 0.15) is 0 Å². The van der Waals surface area contributed by atoms with Gasteiger partial charge in [-0.15, -0.1) is 0 Å². The van der Waals surface area contributed by atoms with E-state index in [2.05, 4.69) is 5.32 Å². The summed E-state index contributed by atoms with van der Waals surface area (Å²) in [5.74, 6) is 1.52. The van der Waals surface area contributed by atoms with Gasteiger partial charge in [-0.2, -0.15) is 0 Å². The first-order valence-corrected chi connectivity index (χ1v) is 4.48. The van der Waals surface area contributed by atoms with Crippen molar-refractivity contribution >= 4 is 5.69 Å². The molecular weight excluding hydrogens is 180 g/mol. The number of nitrogens with two attached hydrogens (primary N) is 1. The Hall–Kier alpha value is -1.42. The Kier molecular flexibility index (Phi) is 4.07. The third kappa shape index (κ3) is 2.29. The van der Waals surface area contributed by atoms with Gasteiger partial charge in [-0.05, 0) is 12.1 Å². The van der Waals surface area contributed by atoms with Crippen LogP contribution in [0.2, 0.25) is 0 Å². The Labute approximate surface area is 84.0 Å². The molecule has 0 saturated heterocycles. The average molecular weight is 196 g/mol. The highest BCUT2D eigenvalue weighted by atomic mass is 16.5. The van der Waals surface area contributed by atoms with Crippen LogP contribution < -0.4 is 20.5 Å². The summed E-state index contributed by atoms with van der Waals surface area (Å²) < 4.78 is 10.4. The number of rotatable bonds is 5. The SMILES string of the molecule is COc1cccc(OC)c1NCCN. The maximum absolute atomic E-state index is 5.42. The molecule has 0 bridgehead atoms. The molecule has 0 saturated carbocycles. The highest BCUT2D eigenvalue weighted by Gasteiger charge is 2.07. The van der Waals surface area contributed by atoms with E-state index < -0.39 is 0 Å². The minimum absolute atomic E-state index is 0.571. The zero-order chi connectivity index (χ0) is 10.4. The molecule has 1 aromatic carbocycles. The van der Waals surface area contributed by atoms with Crippen LogP contribution in [-0.2, 0) is 0 Å². The van der Waals surface area contributed by atoms with E-state index in [1.54, 1.807) is 14.2 Å². The van der Waals surface area contributed by atoms with Gasteiger partial charge in [0.2, 0.25) is 0 Å². The Morgan fingerprint density at radius 3 is 2.21 bits per heavy atom. The van der Waals surface area contributed by atoms with Gasteiger partial charge in [-0.25, -0.2) is 0 Å². The molecule has 1 aromatic rings. The summed E-state index contributed by atoms with van der Waals surface area (Å²) in [5.41, 5.74) is 6.27. The predicted octanol–water partition coefficient (Wildman–Crippen LogP) is 1.07. The molecule has 4 heteroatoms. The molecule has 0 radical (unpaired) electrons. The van der Waals surface area contributed by atoms with Crippen LogP contribution in [-0.4, -0.2) is 27.3 Å². The number of benzene rings is 1. The van der Waals surface area contributed by atoms with E-state index in [0.29, 0.717) is 13.1 Å². The fourth-order valence-corrected chi connectivity index (χ4v) is 1.22. The minimum Gasteiger partial charge on any atom is -0.494 e. The molecule has 78 valence electrons. The zero-order valence-corrected chi connectivity index (χ0v) is 8.54. The lowest BCUT2D eigenvalue weighted by Gasteiger charge is -2.13. The van der Waals surface area contributed by atoms with Crippen molar-refractivity contribution in [3.05, 3.63) is 18.2 Å². The van der Waals surface area contributed by atoms with Crippen molar-refractivity contribution in [1.82, 2.24) is 0 Å². The van der Waals surface area contributed by atoms with Crippen LogP contribution in [0.3, 0.4) is 0 Å². The second-order valence-electron chi connectivity index (χ2n) is 2.75. The number of hydrogen-bond donors (Lipinski definition) is 2.